The Morgan fingerprint density at radius 3 is 2.71 bits per heavy atom. The summed E-state index contributed by atoms with van der Waals surface area (Å²) in [5.41, 5.74) is 1.19. The predicted molar refractivity (Wildman–Crippen MR) is 87.2 cm³/mol. The van der Waals surface area contributed by atoms with E-state index in [1.807, 2.05) is 36.1 Å². The van der Waals surface area contributed by atoms with Crippen molar-refractivity contribution in [3.8, 4) is 5.75 Å². The van der Waals surface area contributed by atoms with Crippen LogP contribution in [-0.2, 0) is 11.2 Å². The first kappa shape index (κ1) is 17.8. The van der Waals surface area contributed by atoms with E-state index in [0.717, 1.165) is 44.8 Å². The maximum Gasteiger partial charge on any atom is 0.222 e. The molecule has 1 amide bonds. The maximum absolute atomic E-state index is 12.2. The number of aryl methyl sites for hydroxylation is 1. The topological polar surface area (TPSA) is 41.6 Å². The molecule has 1 aromatic carbocycles. The first-order valence-corrected chi connectivity index (χ1v) is 7.50. The summed E-state index contributed by atoms with van der Waals surface area (Å²) in [7, 11) is 0. The fourth-order valence-electron chi connectivity index (χ4n) is 2.42. The van der Waals surface area contributed by atoms with Crippen LogP contribution in [-0.4, -0.2) is 43.6 Å². The average Bonchev–Trinajstić information content (AvgIpc) is 2.76. The molecule has 1 N–H and O–H groups in total. The van der Waals surface area contributed by atoms with E-state index >= 15 is 0 Å². The molecule has 0 aromatic heterocycles. The molecule has 0 unspecified atom stereocenters. The van der Waals surface area contributed by atoms with Crippen molar-refractivity contribution in [2.45, 2.75) is 26.2 Å². The lowest BCUT2D eigenvalue weighted by molar-refractivity contribution is -0.130. The second-order valence-electron chi connectivity index (χ2n) is 5.06. The molecule has 1 heterocycles. The number of halogens is 1. The highest BCUT2D eigenvalue weighted by molar-refractivity contribution is 5.85. The summed E-state index contributed by atoms with van der Waals surface area (Å²) in [5, 5.41) is 3.32. The second kappa shape index (κ2) is 9.64. The highest BCUT2D eigenvalue weighted by atomic mass is 35.5. The lowest BCUT2D eigenvalue weighted by Crippen LogP contribution is -2.34. The van der Waals surface area contributed by atoms with Gasteiger partial charge in [0.25, 0.3) is 0 Å². The van der Waals surface area contributed by atoms with Gasteiger partial charge < -0.3 is 15.0 Å². The standard InChI is InChI=1S/C16H24N2O2.ClH/c1-2-20-15-7-4-14(5-8-15)6-9-16(19)18-12-3-10-17-11-13-18;/h4-5,7-8,17H,2-3,6,9-13H2,1H3;1H. The van der Waals surface area contributed by atoms with Gasteiger partial charge in [-0.15, -0.1) is 12.4 Å². The number of rotatable bonds is 5. The molecule has 0 saturated carbocycles. The van der Waals surface area contributed by atoms with Crippen LogP contribution in [0.15, 0.2) is 24.3 Å². The van der Waals surface area contributed by atoms with Gasteiger partial charge in [0.05, 0.1) is 6.61 Å². The van der Waals surface area contributed by atoms with Crippen molar-refractivity contribution in [2.24, 2.45) is 0 Å². The van der Waals surface area contributed by atoms with Gasteiger partial charge in [-0.1, -0.05) is 12.1 Å². The smallest absolute Gasteiger partial charge is 0.222 e. The summed E-state index contributed by atoms with van der Waals surface area (Å²) in [4.78, 5) is 14.1. The molecule has 0 aliphatic carbocycles. The van der Waals surface area contributed by atoms with Gasteiger partial charge in [-0.25, -0.2) is 0 Å². The number of benzene rings is 1. The van der Waals surface area contributed by atoms with Crippen LogP contribution in [0.5, 0.6) is 5.75 Å². The Labute approximate surface area is 133 Å². The van der Waals surface area contributed by atoms with Gasteiger partial charge in [0.2, 0.25) is 5.91 Å². The van der Waals surface area contributed by atoms with Gasteiger partial charge in [-0.3, -0.25) is 4.79 Å². The number of hydrogen-bond donors (Lipinski definition) is 1. The van der Waals surface area contributed by atoms with E-state index in [1.165, 1.54) is 5.56 Å². The van der Waals surface area contributed by atoms with Gasteiger partial charge in [0.15, 0.2) is 0 Å². The zero-order chi connectivity index (χ0) is 14.2. The summed E-state index contributed by atoms with van der Waals surface area (Å²) in [6, 6.07) is 8.03. The minimum Gasteiger partial charge on any atom is -0.494 e. The summed E-state index contributed by atoms with van der Waals surface area (Å²) in [6.07, 6.45) is 2.44. The number of carbonyl (C=O) groups is 1. The van der Waals surface area contributed by atoms with E-state index in [0.29, 0.717) is 13.0 Å². The Hall–Kier alpha value is -1.26. The lowest BCUT2D eigenvalue weighted by atomic mass is 10.1. The molecule has 0 radical (unpaired) electrons. The van der Waals surface area contributed by atoms with E-state index in [4.69, 9.17) is 4.74 Å². The summed E-state index contributed by atoms with van der Waals surface area (Å²) < 4.78 is 5.41. The van der Waals surface area contributed by atoms with Gasteiger partial charge in [0.1, 0.15) is 5.75 Å². The minimum atomic E-state index is 0. The quantitative estimate of drug-likeness (QED) is 0.907. The number of amides is 1. The highest BCUT2D eigenvalue weighted by Gasteiger charge is 2.14. The molecule has 0 bridgehead atoms. The van der Waals surface area contributed by atoms with Crippen molar-refractivity contribution in [1.29, 1.82) is 0 Å². The van der Waals surface area contributed by atoms with Crippen molar-refractivity contribution in [3.05, 3.63) is 29.8 Å². The first-order chi connectivity index (χ1) is 9.79. The van der Waals surface area contributed by atoms with Crippen molar-refractivity contribution in [2.75, 3.05) is 32.8 Å². The van der Waals surface area contributed by atoms with Crippen molar-refractivity contribution in [1.82, 2.24) is 10.2 Å². The number of hydrogen-bond acceptors (Lipinski definition) is 3. The fourth-order valence-corrected chi connectivity index (χ4v) is 2.42. The van der Waals surface area contributed by atoms with E-state index in [2.05, 4.69) is 5.32 Å². The van der Waals surface area contributed by atoms with Crippen LogP contribution >= 0.6 is 12.4 Å². The third kappa shape index (κ3) is 5.94. The van der Waals surface area contributed by atoms with Crippen molar-refractivity contribution < 1.29 is 9.53 Å². The van der Waals surface area contributed by atoms with Crippen molar-refractivity contribution >= 4 is 18.3 Å². The van der Waals surface area contributed by atoms with Crippen LogP contribution in [0.1, 0.15) is 25.3 Å². The minimum absolute atomic E-state index is 0. The van der Waals surface area contributed by atoms with Crippen LogP contribution in [0.25, 0.3) is 0 Å². The fraction of sp³-hybridized carbons (Fsp3) is 0.562. The molecule has 5 heteroatoms. The van der Waals surface area contributed by atoms with Gasteiger partial charge in [-0.2, -0.15) is 0 Å². The first-order valence-electron chi connectivity index (χ1n) is 7.50. The molecule has 2 rings (SSSR count). The van der Waals surface area contributed by atoms with Gasteiger partial charge in [-0.05, 0) is 44.0 Å². The Morgan fingerprint density at radius 1 is 1.24 bits per heavy atom. The molecule has 1 fully saturated rings. The number of nitrogens with one attached hydrogen (secondary N) is 1. The molecule has 0 atom stereocenters. The lowest BCUT2D eigenvalue weighted by Gasteiger charge is -2.19. The Morgan fingerprint density at radius 2 is 2.00 bits per heavy atom. The van der Waals surface area contributed by atoms with Crippen LogP contribution < -0.4 is 10.1 Å². The average molecular weight is 313 g/mol. The molecule has 0 spiro atoms. The molecular weight excluding hydrogens is 288 g/mol. The molecule has 1 aliphatic heterocycles. The van der Waals surface area contributed by atoms with E-state index < -0.39 is 0 Å². The maximum atomic E-state index is 12.2. The highest BCUT2D eigenvalue weighted by Crippen LogP contribution is 2.14. The van der Waals surface area contributed by atoms with Crippen molar-refractivity contribution in [3.63, 3.8) is 0 Å². The zero-order valence-corrected chi connectivity index (χ0v) is 13.5. The molecule has 4 nitrogen and oxygen atoms in total. The molecule has 1 aliphatic rings. The number of carbonyl (C=O) groups excluding carboxylic acids is 1. The third-order valence-electron chi connectivity index (χ3n) is 3.55. The Bertz CT molecular complexity index is 415. The summed E-state index contributed by atoms with van der Waals surface area (Å²) in [6.45, 7) is 6.30. The predicted octanol–water partition coefficient (Wildman–Crippen LogP) is 2.26. The Balaban J connectivity index is 0.00000220. The van der Waals surface area contributed by atoms with Crippen LogP contribution in [0.4, 0.5) is 0 Å². The van der Waals surface area contributed by atoms with Crippen LogP contribution in [0.3, 0.4) is 0 Å². The van der Waals surface area contributed by atoms with Gasteiger partial charge in [0, 0.05) is 26.1 Å². The summed E-state index contributed by atoms with van der Waals surface area (Å²) in [5.74, 6) is 1.16. The van der Waals surface area contributed by atoms with E-state index in [9.17, 15) is 4.79 Å². The molecular formula is C16H25ClN2O2. The normalized spacial score (nSPS) is 15.0. The molecule has 1 saturated heterocycles. The number of ether oxygens (including phenoxy) is 1. The zero-order valence-electron chi connectivity index (χ0n) is 12.6. The second-order valence-corrected chi connectivity index (χ2v) is 5.06. The van der Waals surface area contributed by atoms with Crippen LogP contribution in [0, 0.1) is 0 Å². The summed E-state index contributed by atoms with van der Waals surface area (Å²) >= 11 is 0. The molecule has 118 valence electrons. The van der Waals surface area contributed by atoms with Crippen LogP contribution in [0.2, 0.25) is 0 Å². The third-order valence-corrected chi connectivity index (χ3v) is 3.55. The SMILES string of the molecule is CCOc1ccc(CCC(=O)N2CCCNCC2)cc1.Cl. The largest absolute Gasteiger partial charge is 0.494 e. The molecule has 1 aromatic rings. The van der Waals surface area contributed by atoms with Gasteiger partial charge >= 0.3 is 0 Å². The van der Waals surface area contributed by atoms with E-state index in [1.54, 1.807) is 0 Å². The number of nitrogens with zero attached hydrogens (tertiary/aromatic N) is 1. The Kier molecular flexibility index (Phi) is 8.16. The molecule has 21 heavy (non-hydrogen) atoms. The monoisotopic (exact) mass is 312 g/mol. The van der Waals surface area contributed by atoms with E-state index in [-0.39, 0.29) is 18.3 Å².